The summed E-state index contributed by atoms with van der Waals surface area (Å²) in [6.07, 6.45) is 0.0841. The van der Waals surface area contributed by atoms with Gasteiger partial charge >= 0.3 is 0 Å². The third kappa shape index (κ3) is 6.54. The average Bonchev–Trinajstić information content (AvgIpc) is 2.68. The van der Waals surface area contributed by atoms with Gasteiger partial charge in [-0.3, -0.25) is 9.59 Å². The fourth-order valence-corrected chi connectivity index (χ4v) is 2.61. The predicted molar refractivity (Wildman–Crippen MR) is 103 cm³/mol. The summed E-state index contributed by atoms with van der Waals surface area (Å²) in [5.41, 5.74) is 1.73. The molecule has 2 rings (SSSR count). The van der Waals surface area contributed by atoms with Crippen LogP contribution in [0, 0.1) is 5.92 Å². The molecule has 4 heteroatoms. The van der Waals surface area contributed by atoms with Crippen LogP contribution in [0.5, 0.6) is 0 Å². The molecule has 4 nitrogen and oxygen atoms in total. The van der Waals surface area contributed by atoms with Crippen molar-refractivity contribution in [3.63, 3.8) is 0 Å². The van der Waals surface area contributed by atoms with Crippen molar-refractivity contribution in [3.8, 4) is 0 Å². The first kappa shape index (κ1) is 20.0. The first-order valence-corrected chi connectivity index (χ1v) is 9.06. The normalized spacial score (nSPS) is 12.1. The predicted octanol–water partition coefficient (Wildman–Crippen LogP) is 3.66. The first-order chi connectivity index (χ1) is 12.6. The van der Waals surface area contributed by atoms with Crippen molar-refractivity contribution in [2.75, 3.05) is 13.1 Å². The summed E-state index contributed by atoms with van der Waals surface area (Å²) >= 11 is 0. The van der Waals surface area contributed by atoms with E-state index < -0.39 is 6.10 Å². The zero-order valence-electron chi connectivity index (χ0n) is 15.5. The van der Waals surface area contributed by atoms with Crippen LogP contribution in [0.1, 0.15) is 36.2 Å². The van der Waals surface area contributed by atoms with Gasteiger partial charge in [0.15, 0.2) is 11.6 Å². The van der Waals surface area contributed by atoms with Crippen molar-refractivity contribution in [2.24, 2.45) is 5.92 Å². The lowest BCUT2D eigenvalue weighted by atomic mass is 10.0. The summed E-state index contributed by atoms with van der Waals surface area (Å²) in [6, 6.07) is 19.0. The standard InChI is InChI=1S/C22H27NO3/c1-17(2)22(25)21(26-16-18-9-5-3-6-10-18)13-14-23-15-20(24)19-11-7-4-8-12-19/h3-12,17,21,23H,13-16H2,1-2H3/t21-/m0/s1. The maximum Gasteiger partial charge on any atom is 0.176 e. The first-order valence-electron chi connectivity index (χ1n) is 9.06. The number of ketones is 2. The quantitative estimate of drug-likeness (QED) is 0.495. The number of Topliss-reactive ketones (excluding diaryl/α,β-unsaturated/α-hetero) is 2. The number of benzene rings is 2. The molecule has 0 heterocycles. The average molecular weight is 353 g/mol. The topological polar surface area (TPSA) is 55.4 Å². The maximum absolute atomic E-state index is 12.4. The Bertz CT molecular complexity index is 683. The summed E-state index contributed by atoms with van der Waals surface area (Å²) < 4.78 is 5.87. The Kier molecular flexibility index (Phi) is 8.19. The third-order valence-electron chi connectivity index (χ3n) is 4.15. The van der Waals surface area contributed by atoms with Gasteiger partial charge in [0.05, 0.1) is 13.2 Å². The van der Waals surface area contributed by atoms with Crippen molar-refractivity contribution in [2.45, 2.75) is 33.0 Å². The lowest BCUT2D eigenvalue weighted by molar-refractivity contribution is -0.134. The molecule has 0 aliphatic heterocycles. The second-order valence-electron chi connectivity index (χ2n) is 6.60. The molecule has 1 N–H and O–H groups in total. The molecule has 0 radical (unpaired) electrons. The molecule has 0 aliphatic rings. The van der Waals surface area contributed by atoms with E-state index in [9.17, 15) is 9.59 Å². The number of carbonyl (C=O) groups excluding carboxylic acids is 2. The zero-order valence-corrected chi connectivity index (χ0v) is 15.5. The Morgan fingerprint density at radius 1 is 0.962 bits per heavy atom. The highest BCUT2D eigenvalue weighted by Crippen LogP contribution is 2.11. The van der Waals surface area contributed by atoms with Crippen LogP contribution in [0.4, 0.5) is 0 Å². The summed E-state index contributed by atoms with van der Waals surface area (Å²) in [6.45, 7) is 4.98. The van der Waals surface area contributed by atoms with E-state index in [1.165, 1.54) is 0 Å². The van der Waals surface area contributed by atoms with Crippen LogP contribution in [-0.2, 0) is 16.1 Å². The summed E-state index contributed by atoms with van der Waals surface area (Å²) in [5, 5.41) is 3.12. The molecular formula is C22H27NO3. The Labute approximate surface area is 155 Å². The van der Waals surface area contributed by atoms with E-state index in [1.807, 2.05) is 62.4 Å². The highest BCUT2D eigenvalue weighted by Gasteiger charge is 2.21. The van der Waals surface area contributed by atoms with Gasteiger partial charge in [-0.25, -0.2) is 0 Å². The molecule has 0 saturated heterocycles. The van der Waals surface area contributed by atoms with Crippen molar-refractivity contribution in [1.29, 1.82) is 0 Å². The molecule has 0 amide bonds. The Balaban J connectivity index is 1.80. The van der Waals surface area contributed by atoms with Gasteiger partial charge in [0.25, 0.3) is 0 Å². The number of nitrogens with one attached hydrogen (secondary N) is 1. The fourth-order valence-electron chi connectivity index (χ4n) is 2.61. The van der Waals surface area contributed by atoms with E-state index in [0.29, 0.717) is 25.1 Å². The van der Waals surface area contributed by atoms with Crippen molar-refractivity contribution in [1.82, 2.24) is 5.32 Å². The van der Waals surface area contributed by atoms with Gasteiger partial charge in [0, 0.05) is 11.5 Å². The van der Waals surface area contributed by atoms with Crippen LogP contribution < -0.4 is 5.32 Å². The monoisotopic (exact) mass is 353 g/mol. The van der Waals surface area contributed by atoms with Crippen LogP contribution in [0.3, 0.4) is 0 Å². The lowest BCUT2D eigenvalue weighted by Crippen LogP contribution is -2.33. The van der Waals surface area contributed by atoms with E-state index in [2.05, 4.69) is 5.32 Å². The molecule has 0 fully saturated rings. The molecular weight excluding hydrogens is 326 g/mol. The second kappa shape index (κ2) is 10.6. The van der Waals surface area contributed by atoms with Crippen LogP contribution in [0.15, 0.2) is 60.7 Å². The molecule has 0 aromatic heterocycles. The molecule has 26 heavy (non-hydrogen) atoms. The van der Waals surface area contributed by atoms with Crippen molar-refractivity contribution < 1.29 is 14.3 Å². The van der Waals surface area contributed by atoms with Crippen LogP contribution in [0.25, 0.3) is 0 Å². The Morgan fingerprint density at radius 2 is 1.58 bits per heavy atom. The molecule has 138 valence electrons. The van der Waals surface area contributed by atoms with Gasteiger partial charge in [-0.15, -0.1) is 0 Å². The number of carbonyl (C=O) groups is 2. The highest BCUT2D eigenvalue weighted by atomic mass is 16.5. The minimum Gasteiger partial charge on any atom is -0.366 e. The van der Waals surface area contributed by atoms with E-state index in [1.54, 1.807) is 12.1 Å². The molecule has 0 unspecified atom stereocenters. The molecule has 1 atom stereocenters. The van der Waals surface area contributed by atoms with Crippen LogP contribution >= 0.6 is 0 Å². The minimum absolute atomic E-state index is 0.0440. The van der Waals surface area contributed by atoms with Crippen LogP contribution in [-0.4, -0.2) is 30.8 Å². The van der Waals surface area contributed by atoms with E-state index in [-0.39, 0.29) is 24.0 Å². The zero-order chi connectivity index (χ0) is 18.8. The molecule has 0 aliphatic carbocycles. The number of rotatable bonds is 11. The minimum atomic E-state index is -0.463. The summed E-state index contributed by atoms with van der Waals surface area (Å²) in [5.74, 6) is 0.0568. The van der Waals surface area contributed by atoms with Gasteiger partial charge < -0.3 is 10.1 Å². The lowest BCUT2D eigenvalue weighted by Gasteiger charge is -2.19. The summed E-state index contributed by atoms with van der Waals surface area (Å²) in [4.78, 5) is 24.5. The van der Waals surface area contributed by atoms with Crippen LogP contribution in [0.2, 0.25) is 0 Å². The van der Waals surface area contributed by atoms with Crippen molar-refractivity contribution >= 4 is 11.6 Å². The van der Waals surface area contributed by atoms with Gasteiger partial charge in [0.1, 0.15) is 6.10 Å². The summed E-state index contributed by atoms with van der Waals surface area (Å²) in [7, 11) is 0. The third-order valence-corrected chi connectivity index (χ3v) is 4.15. The smallest absolute Gasteiger partial charge is 0.176 e. The molecule has 0 spiro atoms. The van der Waals surface area contributed by atoms with E-state index in [0.717, 1.165) is 5.56 Å². The fraction of sp³-hybridized carbons (Fsp3) is 0.364. The number of hydrogen-bond acceptors (Lipinski definition) is 4. The maximum atomic E-state index is 12.4. The Hall–Kier alpha value is -2.30. The van der Waals surface area contributed by atoms with Crippen molar-refractivity contribution in [3.05, 3.63) is 71.8 Å². The number of ether oxygens (including phenoxy) is 1. The molecule has 2 aromatic rings. The Morgan fingerprint density at radius 3 is 2.19 bits per heavy atom. The van der Waals surface area contributed by atoms with Gasteiger partial charge in [-0.05, 0) is 18.5 Å². The van der Waals surface area contributed by atoms with E-state index in [4.69, 9.17) is 4.74 Å². The highest BCUT2D eigenvalue weighted by molar-refractivity contribution is 5.97. The molecule has 0 bridgehead atoms. The molecule has 0 saturated carbocycles. The number of hydrogen-bond donors (Lipinski definition) is 1. The van der Waals surface area contributed by atoms with Gasteiger partial charge in [0.2, 0.25) is 0 Å². The SMILES string of the molecule is CC(C)C(=O)[C@H](CCNCC(=O)c1ccccc1)OCc1ccccc1. The van der Waals surface area contributed by atoms with E-state index >= 15 is 0 Å². The van der Waals surface area contributed by atoms with Gasteiger partial charge in [-0.1, -0.05) is 74.5 Å². The second-order valence-corrected chi connectivity index (χ2v) is 6.60. The molecule has 2 aromatic carbocycles. The largest absolute Gasteiger partial charge is 0.366 e. The van der Waals surface area contributed by atoms with Gasteiger partial charge in [-0.2, -0.15) is 0 Å².